The number of piperidine rings is 1. The highest BCUT2D eigenvalue weighted by Gasteiger charge is 2.21. The zero-order valence-corrected chi connectivity index (χ0v) is 14.7. The number of ether oxygens (including phenoxy) is 1. The topological polar surface area (TPSA) is 41.6 Å². The van der Waals surface area contributed by atoms with E-state index in [9.17, 15) is 9.18 Å². The van der Waals surface area contributed by atoms with Gasteiger partial charge in [-0.1, -0.05) is 18.2 Å². The van der Waals surface area contributed by atoms with Gasteiger partial charge in [0.2, 0.25) is 0 Å². The molecule has 5 heteroatoms. The highest BCUT2D eigenvalue weighted by atomic mass is 19.1. The van der Waals surface area contributed by atoms with Gasteiger partial charge in [-0.15, -0.1) is 0 Å². The van der Waals surface area contributed by atoms with E-state index >= 15 is 0 Å². The minimum Gasteiger partial charge on any atom is -0.482 e. The Morgan fingerprint density at radius 3 is 2.65 bits per heavy atom. The molecular formula is C21H23FN2O2. The van der Waals surface area contributed by atoms with Crippen LogP contribution in [-0.4, -0.2) is 37.0 Å². The van der Waals surface area contributed by atoms with Crippen molar-refractivity contribution in [1.82, 2.24) is 4.90 Å². The van der Waals surface area contributed by atoms with E-state index in [-0.39, 0.29) is 18.3 Å². The third kappa shape index (κ3) is 3.88. The lowest BCUT2D eigenvalue weighted by atomic mass is 9.89. The van der Waals surface area contributed by atoms with Crippen molar-refractivity contribution in [2.24, 2.45) is 0 Å². The van der Waals surface area contributed by atoms with Crippen molar-refractivity contribution >= 4 is 11.6 Å². The monoisotopic (exact) mass is 354 g/mol. The average Bonchev–Trinajstić information content (AvgIpc) is 2.67. The van der Waals surface area contributed by atoms with Gasteiger partial charge in [-0.3, -0.25) is 4.79 Å². The molecule has 4 nitrogen and oxygen atoms in total. The van der Waals surface area contributed by atoms with Gasteiger partial charge in [0, 0.05) is 6.54 Å². The van der Waals surface area contributed by atoms with E-state index in [1.54, 1.807) is 12.1 Å². The third-order valence-corrected chi connectivity index (χ3v) is 5.32. The van der Waals surface area contributed by atoms with Crippen LogP contribution in [0.15, 0.2) is 42.5 Å². The molecule has 136 valence electrons. The van der Waals surface area contributed by atoms with Crippen LogP contribution in [0.3, 0.4) is 0 Å². The van der Waals surface area contributed by atoms with Gasteiger partial charge in [-0.2, -0.15) is 0 Å². The van der Waals surface area contributed by atoms with E-state index in [0.717, 1.165) is 50.3 Å². The Morgan fingerprint density at radius 1 is 1.12 bits per heavy atom. The molecule has 1 saturated heterocycles. The number of likely N-dealkylation sites (tertiary alicyclic amines) is 1. The number of carbonyl (C=O) groups excluding carboxylic acids is 1. The minimum absolute atomic E-state index is 0.0926. The summed E-state index contributed by atoms with van der Waals surface area (Å²) in [6.45, 7) is 3.22. The van der Waals surface area contributed by atoms with Crippen molar-refractivity contribution in [2.45, 2.75) is 25.2 Å². The van der Waals surface area contributed by atoms with Crippen molar-refractivity contribution in [3.63, 3.8) is 0 Å². The second-order valence-electron chi connectivity index (χ2n) is 7.08. The third-order valence-electron chi connectivity index (χ3n) is 5.32. The molecule has 1 amide bonds. The molecule has 0 unspecified atom stereocenters. The number of benzene rings is 2. The zero-order valence-electron chi connectivity index (χ0n) is 14.7. The Labute approximate surface area is 153 Å². The summed E-state index contributed by atoms with van der Waals surface area (Å²) in [6, 6.07) is 13.0. The molecule has 1 fully saturated rings. The van der Waals surface area contributed by atoms with Crippen LogP contribution >= 0.6 is 0 Å². The second-order valence-corrected chi connectivity index (χ2v) is 7.08. The van der Waals surface area contributed by atoms with Crippen LogP contribution in [0.25, 0.3) is 0 Å². The summed E-state index contributed by atoms with van der Waals surface area (Å²) in [7, 11) is 0. The fourth-order valence-electron chi connectivity index (χ4n) is 3.80. The number of rotatable bonds is 4. The molecule has 0 aromatic heterocycles. The number of nitrogens with zero attached hydrogens (tertiary/aromatic N) is 1. The molecule has 4 rings (SSSR count). The fraction of sp³-hybridized carbons (Fsp3) is 0.381. The maximum atomic E-state index is 13.1. The van der Waals surface area contributed by atoms with E-state index in [4.69, 9.17) is 4.74 Å². The highest BCUT2D eigenvalue weighted by Crippen LogP contribution is 2.30. The number of carbonyl (C=O) groups is 1. The molecule has 0 spiro atoms. The summed E-state index contributed by atoms with van der Waals surface area (Å²) < 4.78 is 18.5. The van der Waals surface area contributed by atoms with Gasteiger partial charge in [0.25, 0.3) is 5.91 Å². The number of halogens is 1. The molecule has 0 saturated carbocycles. The van der Waals surface area contributed by atoms with Crippen molar-refractivity contribution in [3.05, 3.63) is 59.4 Å². The Bertz CT molecular complexity index is 783. The SMILES string of the molecule is O=C1COc2ccc(CCN3CCC(c4ccc(F)cc4)CC3)cc2N1. The molecule has 0 atom stereocenters. The first kappa shape index (κ1) is 17.0. The maximum absolute atomic E-state index is 13.1. The van der Waals surface area contributed by atoms with E-state index in [0.29, 0.717) is 5.92 Å². The van der Waals surface area contributed by atoms with Gasteiger partial charge in [-0.05, 0) is 73.7 Å². The second kappa shape index (κ2) is 7.46. The smallest absolute Gasteiger partial charge is 0.262 e. The van der Waals surface area contributed by atoms with Crippen LogP contribution in [0.2, 0.25) is 0 Å². The predicted octanol–water partition coefficient (Wildman–Crippen LogP) is 3.58. The summed E-state index contributed by atoms with van der Waals surface area (Å²) in [5.74, 6) is 1.01. The summed E-state index contributed by atoms with van der Waals surface area (Å²) in [5, 5.41) is 2.86. The summed E-state index contributed by atoms with van der Waals surface area (Å²) in [6.07, 6.45) is 3.17. The molecular weight excluding hydrogens is 331 g/mol. The summed E-state index contributed by atoms with van der Waals surface area (Å²) in [5.41, 5.74) is 3.22. The number of hydrogen-bond acceptors (Lipinski definition) is 3. The van der Waals surface area contributed by atoms with Gasteiger partial charge in [0.1, 0.15) is 11.6 Å². The minimum atomic E-state index is -0.169. The van der Waals surface area contributed by atoms with E-state index in [1.807, 2.05) is 24.3 Å². The van der Waals surface area contributed by atoms with Gasteiger partial charge >= 0.3 is 0 Å². The molecule has 26 heavy (non-hydrogen) atoms. The average molecular weight is 354 g/mol. The lowest BCUT2D eigenvalue weighted by Gasteiger charge is -2.32. The Morgan fingerprint density at radius 2 is 1.88 bits per heavy atom. The van der Waals surface area contributed by atoms with Gasteiger partial charge in [0.15, 0.2) is 6.61 Å². The molecule has 0 bridgehead atoms. The predicted molar refractivity (Wildman–Crippen MR) is 99.1 cm³/mol. The number of fused-ring (bicyclic) bond motifs is 1. The standard InChI is InChI=1S/C21H23FN2O2/c22-18-4-2-16(3-5-18)17-8-11-24(12-9-17)10-7-15-1-6-20-19(13-15)23-21(25)14-26-20/h1-6,13,17H,7-12,14H2,(H,23,25). The Kier molecular flexibility index (Phi) is 4.89. The first-order valence-corrected chi connectivity index (χ1v) is 9.21. The summed E-state index contributed by atoms with van der Waals surface area (Å²) >= 11 is 0. The van der Waals surface area contributed by atoms with Gasteiger partial charge in [-0.25, -0.2) is 4.39 Å². The van der Waals surface area contributed by atoms with Crippen molar-refractivity contribution < 1.29 is 13.9 Å². The summed E-state index contributed by atoms with van der Waals surface area (Å²) in [4.78, 5) is 13.9. The molecule has 2 heterocycles. The quantitative estimate of drug-likeness (QED) is 0.912. The maximum Gasteiger partial charge on any atom is 0.262 e. The van der Waals surface area contributed by atoms with Crippen LogP contribution < -0.4 is 10.1 Å². The number of amides is 1. The molecule has 2 aliphatic heterocycles. The van der Waals surface area contributed by atoms with E-state index < -0.39 is 0 Å². The molecule has 0 aliphatic carbocycles. The first-order valence-electron chi connectivity index (χ1n) is 9.21. The lowest BCUT2D eigenvalue weighted by molar-refractivity contribution is -0.118. The number of nitrogens with one attached hydrogen (secondary N) is 1. The van der Waals surface area contributed by atoms with E-state index in [1.165, 1.54) is 11.1 Å². The van der Waals surface area contributed by atoms with Crippen LogP contribution in [0, 0.1) is 5.82 Å². The van der Waals surface area contributed by atoms with Crippen LogP contribution in [-0.2, 0) is 11.2 Å². The zero-order chi connectivity index (χ0) is 17.9. The van der Waals surface area contributed by atoms with Gasteiger partial charge < -0.3 is 15.0 Å². The van der Waals surface area contributed by atoms with Gasteiger partial charge in [0.05, 0.1) is 5.69 Å². The van der Waals surface area contributed by atoms with Crippen molar-refractivity contribution in [2.75, 3.05) is 31.6 Å². The van der Waals surface area contributed by atoms with Crippen LogP contribution in [0.5, 0.6) is 5.75 Å². The molecule has 2 aromatic rings. The fourth-order valence-corrected chi connectivity index (χ4v) is 3.80. The number of anilines is 1. The Hall–Kier alpha value is -2.40. The molecule has 2 aromatic carbocycles. The van der Waals surface area contributed by atoms with E-state index in [2.05, 4.69) is 16.3 Å². The normalized spacial score (nSPS) is 18.1. The Balaban J connectivity index is 1.29. The van der Waals surface area contributed by atoms with Crippen molar-refractivity contribution in [3.8, 4) is 5.75 Å². The van der Waals surface area contributed by atoms with Crippen molar-refractivity contribution in [1.29, 1.82) is 0 Å². The molecule has 2 aliphatic rings. The number of hydrogen-bond donors (Lipinski definition) is 1. The first-order chi connectivity index (χ1) is 12.7. The molecule has 0 radical (unpaired) electrons. The molecule has 1 N–H and O–H groups in total. The lowest BCUT2D eigenvalue weighted by Crippen LogP contribution is -2.34. The van der Waals surface area contributed by atoms with Crippen LogP contribution in [0.1, 0.15) is 29.9 Å². The largest absolute Gasteiger partial charge is 0.482 e. The van der Waals surface area contributed by atoms with Crippen LogP contribution in [0.4, 0.5) is 10.1 Å². The highest BCUT2D eigenvalue weighted by molar-refractivity contribution is 5.95.